The number of hydrogen-bond acceptors (Lipinski definition) is 8. The van der Waals surface area contributed by atoms with E-state index in [4.69, 9.17) is 5.73 Å². The smallest absolute Gasteiger partial charge is 0.255 e. The number of aliphatic hydroxyl groups is 2. The minimum atomic E-state index is -1.89. The highest BCUT2D eigenvalue weighted by Gasteiger charge is 2.35. The molecule has 1 aromatic carbocycles. The summed E-state index contributed by atoms with van der Waals surface area (Å²) in [5, 5.41) is 25.2. The van der Waals surface area contributed by atoms with Crippen LogP contribution in [0.15, 0.2) is 53.3 Å². The third-order valence-corrected chi connectivity index (χ3v) is 5.62. The first kappa shape index (κ1) is 23.5. The Kier molecular flexibility index (Phi) is 7.62. The van der Waals surface area contributed by atoms with Gasteiger partial charge in [-0.1, -0.05) is 18.2 Å². The normalized spacial score (nSPS) is 21.6. The van der Waals surface area contributed by atoms with Gasteiger partial charge in [-0.05, 0) is 24.6 Å². The molecule has 32 heavy (non-hydrogen) atoms. The number of rotatable bonds is 6. The predicted octanol–water partition coefficient (Wildman–Crippen LogP) is -0.430. The molecule has 10 nitrogen and oxygen atoms in total. The molecule has 2 heterocycles. The highest BCUT2D eigenvalue weighted by molar-refractivity contribution is 6.02. The second kappa shape index (κ2) is 10.4. The zero-order chi connectivity index (χ0) is 23.3. The summed E-state index contributed by atoms with van der Waals surface area (Å²) in [6, 6.07) is 7.11. The molecule has 172 valence electrons. The molecule has 2 aliphatic heterocycles. The standard InChI is InChI=1S/C22H30N6O4/c1-14(15-4-6-17(7-5-15)28-10-3-9-25-28)26-21(31)19(29)20(30)22(32)27-11-8-18(24-2)16(12-23)13-27/h3-7,10,12,14,19-20,25,29-30H,8-9,11,13,23H2,1-2H3,(H,26,31)/t14-,19-,20-/m1/s1. The summed E-state index contributed by atoms with van der Waals surface area (Å²) in [7, 11) is 1.65. The summed E-state index contributed by atoms with van der Waals surface area (Å²) in [5.41, 5.74) is 12.0. The number of nitrogens with zero attached hydrogens (tertiary/aromatic N) is 3. The molecule has 1 saturated heterocycles. The Morgan fingerprint density at radius 3 is 2.56 bits per heavy atom. The van der Waals surface area contributed by atoms with Crippen LogP contribution in [0.2, 0.25) is 0 Å². The molecule has 3 atom stereocenters. The third kappa shape index (κ3) is 5.16. The van der Waals surface area contributed by atoms with E-state index in [9.17, 15) is 19.8 Å². The Hall–Kier alpha value is -3.21. The van der Waals surface area contributed by atoms with Gasteiger partial charge in [0.05, 0.1) is 11.7 Å². The SMILES string of the molecule is CN=C1CCN(C(=O)[C@H](O)[C@@H](O)C(=O)N[C@H](C)c2ccc(N3C=CCN3)cc2)CC1=CN. The van der Waals surface area contributed by atoms with E-state index in [-0.39, 0.29) is 6.54 Å². The molecule has 3 rings (SSSR count). The van der Waals surface area contributed by atoms with Gasteiger partial charge in [0, 0.05) is 56.8 Å². The van der Waals surface area contributed by atoms with Crippen LogP contribution in [0.3, 0.4) is 0 Å². The number of carbonyl (C=O) groups is 2. The van der Waals surface area contributed by atoms with Gasteiger partial charge in [-0.3, -0.25) is 19.6 Å². The largest absolute Gasteiger partial charge is 0.404 e. The molecule has 0 radical (unpaired) electrons. The summed E-state index contributed by atoms with van der Waals surface area (Å²) in [6.07, 6.45) is 2.01. The molecule has 0 aliphatic carbocycles. The predicted molar refractivity (Wildman–Crippen MR) is 121 cm³/mol. The molecule has 0 bridgehead atoms. The van der Waals surface area contributed by atoms with Crippen molar-refractivity contribution < 1.29 is 19.8 Å². The maximum atomic E-state index is 12.6. The van der Waals surface area contributed by atoms with E-state index in [1.807, 2.05) is 41.6 Å². The van der Waals surface area contributed by atoms with Crippen LogP contribution in [0, 0.1) is 0 Å². The molecule has 0 spiro atoms. The van der Waals surface area contributed by atoms with Crippen molar-refractivity contribution in [1.82, 2.24) is 15.6 Å². The highest BCUT2D eigenvalue weighted by atomic mass is 16.3. The Morgan fingerprint density at radius 2 is 1.97 bits per heavy atom. The second-order valence-corrected chi connectivity index (χ2v) is 7.70. The first-order valence-electron chi connectivity index (χ1n) is 10.5. The van der Waals surface area contributed by atoms with Gasteiger partial charge < -0.3 is 26.2 Å². The van der Waals surface area contributed by atoms with Crippen molar-refractivity contribution in [3.05, 3.63) is 53.9 Å². The summed E-state index contributed by atoms with van der Waals surface area (Å²) in [4.78, 5) is 30.6. The zero-order valence-electron chi connectivity index (χ0n) is 18.2. The quantitative estimate of drug-likeness (QED) is 0.402. The average molecular weight is 443 g/mol. The number of nitrogens with one attached hydrogen (secondary N) is 2. The van der Waals surface area contributed by atoms with E-state index in [1.165, 1.54) is 11.1 Å². The number of carbonyl (C=O) groups excluding carboxylic acids is 2. The van der Waals surface area contributed by atoms with Crippen LogP contribution in [-0.2, 0) is 9.59 Å². The van der Waals surface area contributed by atoms with Crippen LogP contribution in [0.4, 0.5) is 5.69 Å². The molecule has 0 saturated carbocycles. The average Bonchev–Trinajstić information content (AvgIpc) is 3.37. The number of nitrogens with two attached hydrogens (primary N) is 1. The lowest BCUT2D eigenvalue weighted by Crippen LogP contribution is -2.53. The minimum absolute atomic E-state index is 0.164. The Morgan fingerprint density at radius 1 is 1.25 bits per heavy atom. The van der Waals surface area contributed by atoms with Crippen molar-refractivity contribution in [2.24, 2.45) is 10.7 Å². The molecule has 2 aliphatic rings. The fourth-order valence-electron chi connectivity index (χ4n) is 3.68. The lowest BCUT2D eigenvalue weighted by atomic mass is 10.0. The maximum absolute atomic E-state index is 12.6. The summed E-state index contributed by atoms with van der Waals surface area (Å²) in [5.74, 6) is -1.56. The lowest BCUT2D eigenvalue weighted by molar-refractivity contribution is -0.153. The molecule has 2 amide bonds. The Labute approximate surface area is 187 Å². The summed E-state index contributed by atoms with van der Waals surface area (Å²) < 4.78 is 0. The highest BCUT2D eigenvalue weighted by Crippen LogP contribution is 2.20. The van der Waals surface area contributed by atoms with E-state index in [2.05, 4.69) is 15.7 Å². The lowest BCUT2D eigenvalue weighted by Gasteiger charge is -2.32. The minimum Gasteiger partial charge on any atom is -0.404 e. The molecule has 0 unspecified atom stereocenters. The van der Waals surface area contributed by atoms with Crippen LogP contribution >= 0.6 is 0 Å². The number of aliphatic imine (C=N–C) groups is 1. The van der Waals surface area contributed by atoms with Crippen molar-refractivity contribution in [2.75, 3.05) is 31.7 Å². The van der Waals surface area contributed by atoms with Gasteiger partial charge >= 0.3 is 0 Å². The van der Waals surface area contributed by atoms with Gasteiger partial charge in [0.2, 0.25) is 0 Å². The number of aliphatic hydroxyl groups excluding tert-OH is 2. The van der Waals surface area contributed by atoms with Gasteiger partial charge in [0.25, 0.3) is 11.8 Å². The molecular formula is C22H30N6O4. The van der Waals surface area contributed by atoms with Gasteiger partial charge in [-0.15, -0.1) is 0 Å². The van der Waals surface area contributed by atoms with Crippen LogP contribution in [0.5, 0.6) is 0 Å². The fourth-order valence-corrected chi connectivity index (χ4v) is 3.68. The zero-order valence-corrected chi connectivity index (χ0v) is 18.2. The van der Waals surface area contributed by atoms with Crippen molar-refractivity contribution in [2.45, 2.75) is 31.6 Å². The second-order valence-electron chi connectivity index (χ2n) is 7.70. The summed E-state index contributed by atoms with van der Waals surface area (Å²) >= 11 is 0. The summed E-state index contributed by atoms with van der Waals surface area (Å²) in [6.45, 7) is 3.01. The van der Waals surface area contributed by atoms with E-state index in [0.29, 0.717) is 18.5 Å². The third-order valence-electron chi connectivity index (χ3n) is 5.62. The van der Waals surface area contributed by atoms with Gasteiger partial charge in [-0.2, -0.15) is 0 Å². The molecule has 0 aromatic heterocycles. The van der Waals surface area contributed by atoms with Gasteiger partial charge in [0.15, 0.2) is 12.2 Å². The topological polar surface area (TPSA) is 144 Å². The van der Waals surface area contributed by atoms with E-state index in [0.717, 1.165) is 23.5 Å². The monoisotopic (exact) mass is 442 g/mol. The molecule has 6 N–H and O–H groups in total. The maximum Gasteiger partial charge on any atom is 0.255 e. The molecule has 1 aromatic rings. The molecule has 10 heteroatoms. The molecular weight excluding hydrogens is 412 g/mol. The van der Waals surface area contributed by atoms with Gasteiger partial charge in [-0.25, -0.2) is 5.43 Å². The Bertz CT molecular complexity index is 927. The first-order valence-corrected chi connectivity index (χ1v) is 10.5. The number of benzene rings is 1. The van der Waals surface area contributed by atoms with Crippen LogP contribution in [0.25, 0.3) is 0 Å². The van der Waals surface area contributed by atoms with E-state index < -0.39 is 30.1 Å². The van der Waals surface area contributed by atoms with Crippen molar-refractivity contribution in [3.63, 3.8) is 0 Å². The first-order chi connectivity index (χ1) is 15.3. The van der Waals surface area contributed by atoms with Crippen LogP contribution < -0.4 is 21.5 Å². The van der Waals surface area contributed by atoms with E-state index in [1.54, 1.807) is 14.0 Å². The van der Waals surface area contributed by atoms with Crippen molar-refractivity contribution in [3.8, 4) is 0 Å². The number of anilines is 1. The number of piperidine rings is 1. The number of amides is 2. The van der Waals surface area contributed by atoms with E-state index >= 15 is 0 Å². The molecule has 1 fully saturated rings. The Balaban J connectivity index is 1.57. The fraction of sp³-hybridized carbons (Fsp3) is 0.409. The van der Waals surface area contributed by atoms with Crippen molar-refractivity contribution in [1.29, 1.82) is 0 Å². The number of hydrogen-bond donors (Lipinski definition) is 5. The number of hydrazine groups is 1. The van der Waals surface area contributed by atoms with Crippen molar-refractivity contribution >= 4 is 23.2 Å². The van der Waals surface area contributed by atoms with Crippen LogP contribution in [0.1, 0.15) is 24.9 Å². The van der Waals surface area contributed by atoms with Crippen LogP contribution in [-0.4, -0.2) is 71.5 Å². The van der Waals surface area contributed by atoms with Gasteiger partial charge in [0.1, 0.15) is 0 Å². The number of likely N-dealkylation sites (tertiary alicyclic amines) is 1.